The summed E-state index contributed by atoms with van der Waals surface area (Å²) in [6, 6.07) is 3.96. The highest BCUT2D eigenvalue weighted by molar-refractivity contribution is 5.74. The van der Waals surface area contributed by atoms with Crippen molar-refractivity contribution in [1.29, 1.82) is 0 Å². The second-order valence-corrected chi connectivity index (χ2v) is 5.69. The van der Waals surface area contributed by atoms with Crippen LogP contribution >= 0.6 is 0 Å². The minimum atomic E-state index is -0.0948. The van der Waals surface area contributed by atoms with Crippen molar-refractivity contribution < 1.29 is 4.79 Å². The molecule has 5 heteroatoms. The number of amides is 2. The topological polar surface area (TPSA) is 71.2 Å². The van der Waals surface area contributed by atoms with Crippen molar-refractivity contribution in [2.45, 2.75) is 24.8 Å². The average Bonchev–Trinajstić information content (AvgIpc) is 2.64. The van der Waals surface area contributed by atoms with Crippen LogP contribution in [-0.4, -0.2) is 41.1 Å². The number of carbonyl (C=O) groups is 1. The van der Waals surface area contributed by atoms with Gasteiger partial charge in [-0.3, -0.25) is 4.98 Å². The molecule has 19 heavy (non-hydrogen) atoms. The van der Waals surface area contributed by atoms with Crippen LogP contribution in [0.15, 0.2) is 24.5 Å². The molecule has 3 N–H and O–H groups in total. The van der Waals surface area contributed by atoms with E-state index in [1.165, 1.54) is 5.56 Å². The summed E-state index contributed by atoms with van der Waals surface area (Å²) >= 11 is 0. The molecule has 0 spiro atoms. The van der Waals surface area contributed by atoms with Gasteiger partial charge in [-0.05, 0) is 42.9 Å². The fourth-order valence-electron chi connectivity index (χ4n) is 3.02. The molecule has 1 aromatic heterocycles. The van der Waals surface area contributed by atoms with E-state index >= 15 is 0 Å². The van der Waals surface area contributed by atoms with Crippen molar-refractivity contribution in [3.8, 4) is 0 Å². The fraction of sp³-hybridized carbons (Fsp3) is 0.571. The number of fused-ring (bicyclic) bond motifs is 1. The standard InChI is InChI=1S/C14H20N4O/c15-14-5-1-12(14)9-18(10-14)13(19)17-8-4-11-2-6-16-7-3-11/h2-3,6-7,12H,1,4-5,8-10,15H2,(H,17,19)/t12-,14-/m0/s1. The number of likely N-dealkylation sites (tertiary alicyclic amines) is 1. The molecule has 0 bridgehead atoms. The lowest BCUT2D eigenvalue weighted by Crippen LogP contribution is -2.55. The first-order valence-corrected chi connectivity index (χ1v) is 6.88. The second kappa shape index (κ2) is 4.81. The van der Waals surface area contributed by atoms with Crippen molar-refractivity contribution in [2.24, 2.45) is 11.7 Å². The molecule has 3 rings (SSSR count). The predicted octanol–water partition coefficient (Wildman–Crippen LogP) is 0.757. The van der Waals surface area contributed by atoms with Crippen molar-refractivity contribution in [1.82, 2.24) is 15.2 Å². The van der Waals surface area contributed by atoms with E-state index in [4.69, 9.17) is 5.73 Å². The molecule has 1 aliphatic heterocycles. The predicted molar refractivity (Wildman–Crippen MR) is 72.6 cm³/mol. The molecule has 2 fully saturated rings. The summed E-state index contributed by atoms with van der Waals surface area (Å²) in [6.45, 7) is 2.18. The maximum atomic E-state index is 12.0. The highest BCUT2D eigenvalue weighted by Crippen LogP contribution is 2.42. The maximum Gasteiger partial charge on any atom is 0.317 e. The van der Waals surface area contributed by atoms with Crippen LogP contribution in [0.1, 0.15) is 18.4 Å². The molecule has 102 valence electrons. The third-order valence-corrected chi connectivity index (χ3v) is 4.42. The molecule has 2 atom stereocenters. The first-order chi connectivity index (χ1) is 9.17. The van der Waals surface area contributed by atoms with Crippen molar-refractivity contribution in [3.63, 3.8) is 0 Å². The third kappa shape index (κ3) is 2.42. The van der Waals surface area contributed by atoms with E-state index in [0.29, 0.717) is 19.0 Å². The van der Waals surface area contributed by atoms with Gasteiger partial charge < -0.3 is 16.0 Å². The fourth-order valence-corrected chi connectivity index (χ4v) is 3.02. The Morgan fingerprint density at radius 3 is 2.89 bits per heavy atom. The molecule has 1 saturated heterocycles. The first kappa shape index (κ1) is 12.4. The summed E-state index contributed by atoms with van der Waals surface area (Å²) in [4.78, 5) is 17.9. The van der Waals surface area contributed by atoms with E-state index in [1.54, 1.807) is 12.4 Å². The normalized spacial score (nSPS) is 28.7. The molecule has 5 nitrogen and oxygen atoms in total. The van der Waals surface area contributed by atoms with Crippen molar-refractivity contribution in [2.75, 3.05) is 19.6 Å². The Morgan fingerprint density at radius 1 is 1.53 bits per heavy atom. The Labute approximate surface area is 113 Å². The van der Waals surface area contributed by atoms with Gasteiger partial charge >= 0.3 is 6.03 Å². The van der Waals surface area contributed by atoms with Gasteiger partial charge in [-0.25, -0.2) is 4.79 Å². The summed E-state index contributed by atoms with van der Waals surface area (Å²) < 4.78 is 0. The van der Waals surface area contributed by atoms with Crippen LogP contribution in [0.5, 0.6) is 0 Å². The van der Waals surface area contributed by atoms with Crippen LogP contribution in [0.4, 0.5) is 4.79 Å². The lowest BCUT2D eigenvalue weighted by molar-refractivity contribution is 0.187. The molecular weight excluding hydrogens is 240 g/mol. The quantitative estimate of drug-likeness (QED) is 0.842. The summed E-state index contributed by atoms with van der Waals surface area (Å²) in [5.41, 5.74) is 7.32. The van der Waals surface area contributed by atoms with Crippen LogP contribution in [0.3, 0.4) is 0 Å². The zero-order valence-electron chi connectivity index (χ0n) is 11.0. The van der Waals surface area contributed by atoms with Gasteiger partial charge in [0.05, 0.1) is 0 Å². The van der Waals surface area contributed by atoms with E-state index in [0.717, 1.165) is 25.8 Å². The SMILES string of the molecule is N[C@]12CC[C@H]1CN(C(=O)NCCc1ccncc1)C2. The largest absolute Gasteiger partial charge is 0.338 e. The second-order valence-electron chi connectivity index (χ2n) is 5.69. The zero-order valence-corrected chi connectivity index (χ0v) is 11.0. The lowest BCUT2D eigenvalue weighted by atomic mass is 9.70. The Bertz CT molecular complexity index is 464. The number of urea groups is 1. The van der Waals surface area contributed by atoms with Crippen LogP contribution in [0.2, 0.25) is 0 Å². The smallest absolute Gasteiger partial charge is 0.317 e. The van der Waals surface area contributed by atoms with Gasteiger partial charge in [0.1, 0.15) is 0 Å². The molecular formula is C14H20N4O. The molecule has 0 unspecified atom stereocenters. The number of nitrogens with zero attached hydrogens (tertiary/aromatic N) is 2. The number of hydrogen-bond acceptors (Lipinski definition) is 3. The van der Waals surface area contributed by atoms with Gasteiger partial charge in [-0.1, -0.05) is 0 Å². The Hall–Kier alpha value is -1.62. The van der Waals surface area contributed by atoms with Gasteiger partial charge in [-0.2, -0.15) is 0 Å². The summed E-state index contributed by atoms with van der Waals surface area (Å²) in [5, 5.41) is 2.97. The Morgan fingerprint density at radius 2 is 2.32 bits per heavy atom. The van der Waals surface area contributed by atoms with Crippen LogP contribution in [0.25, 0.3) is 0 Å². The third-order valence-electron chi connectivity index (χ3n) is 4.42. The minimum Gasteiger partial charge on any atom is -0.338 e. The number of pyridine rings is 1. The highest BCUT2D eigenvalue weighted by Gasteiger charge is 2.51. The minimum absolute atomic E-state index is 0.0216. The number of carbonyl (C=O) groups excluding carboxylic acids is 1. The van der Waals surface area contributed by atoms with Gasteiger partial charge in [0, 0.05) is 37.6 Å². The van der Waals surface area contributed by atoms with E-state index < -0.39 is 0 Å². The number of hydrogen-bond donors (Lipinski definition) is 2. The van der Waals surface area contributed by atoms with Gasteiger partial charge in [0.2, 0.25) is 0 Å². The average molecular weight is 260 g/mol. The summed E-state index contributed by atoms with van der Waals surface area (Å²) in [7, 11) is 0. The summed E-state index contributed by atoms with van der Waals surface area (Å²) in [5.74, 6) is 0.512. The van der Waals surface area contributed by atoms with E-state index in [-0.39, 0.29) is 11.6 Å². The summed E-state index contributed by atoms with van der Waals surface area (Å²) in [6.07, 6.45) is 6.59. The van der Waals surface area contributed by atoms with E-state index in [9.17, 15) is 4.79 Å². The van der Waals surface area contributed by atoms with Crippen LogP contribution in [0, 0.1) is 5.92 Å². The Kier molecular flexibility index (Phi) is 3.14. The first-order valence-electron chi connectivity index (χ1n) is 6.88. The molecule has 1 saturated carbocycles. The number of nitrogens with one attached hydrogen (secondary N) is 1. The number of aromatic nitrogens is 1. The van der Waals surface area contributed by atoms with E-state index in [2.05, 4.69) is 10.3 Å². The monoisotopic (exact) mass is 260 g/mol. The molecule has 0 aromatic carbocycles. The van der Waals surface area contributed by atoms with E-state index in [1.807, 2.05) is 17.0 Å². The molecule has 1 aromatic rings. The van der Waals surface area contributed by atoms with Crippen LogP contribution in [-0.2, 0) is 6.42 Å². The molecule has 2 amide bonds. The molecule has 2 aliphatic rings. The number of nitrogens with two attached hydrogens (primary N) is 1. The maximum absolute atomic E-state index is 12.0. The van der Waals surface area contributed by atoms with Crippen LogP contribution < -0.4 is 11.1 Å². The molecule has 1 aliphatic carbocycles. The Balaban J connectivity index is 1.45. The van der Waals surface area contributed by atoms with Gasteiger partial charge in [0.15, 0.2) is 0 Å². The number of rotatable bonds is 3. The highest BCUT2D eigenvalue weighted by atomic mass is 16.2. The molecule has 2 heterocycles. The van der Waals surface area contributed by atoms with Crippen molar-refractivity contribution in [3.05, 3.63) is 30.1 Å². The van der Waals surface area contributed by atoms with Crippen molar-refractivity contribution >= 4 is 6.03 Å². The molecule has 0 radical (unpaired) electrons. The van der Waals surface area contributed by atoms with Gasteiger partial charge in [0.25, 0.3) is 0 Å². The zero-order chi connectivity index (χ0) is 13.3. The van der Waals surface area contributed by atoms with Gasteiger partial charge in [-0.15, -0.1) is 0 Å². The lowest BCUT2D eigenvalue weighted by Gasteiger charge is -2.39.